The molecule has 1 nitrogen and oxygen atoms in total. The van der Waals surface area contributed by atoms with Gasteiger partial charge >= 0.3 is 0 Å². The van der Waals surface area contributed by atoms with Crippen LogP contribution in [-0.4, -0.2) is 0 Å². The molecule has 0 unspecified atom stereocenters. The molecule has 0 aliphatic rings. The van der Waals surface area contributed by atoms with Crippen molar-refractivity contribution >= 4 is 22.2 Å². The van der Waals surface area contributed by atoms with Gasteiger partial charge in [-0.3, -0.25) is 0 Å². The maximum atomic E-state index is 12.8. The zero-order valence-electron chi connectivity index (χ0n) is 9.40. The van der Waals surface area contributed by atoms with E-state index in [-0.39, 0.29) is 5.82 Å². The molecule has 0 aromatic heterocycles. The lowest BCUT2D eigenvalue weighted by atomic mass is 10.0. The molecule has 0 fully saturated rings. The number of hydrogen-bond donors (Lipinski definition) is 0. The summed E-state index contributed by atoms with van der Waals surface area (Å²) in [6, 6.07) is 17.0. The molecule has 2 rings (SSSR count). The van der Waals surface area contributed by atoms with Gasteiger partial charge in [-0.2, -0.15) is 5.26 Å². The van der Waals surface area contributed by atoms with E-state index in [1.165, 1.54) is 12.1 Å². The Balaban J connectivity index is 2.51. The van der Waals surface area contributed by atoms with Gasteiger partial charge in [0, 0.05) is 0 Å². The monoisotopic (exact) mass is 257 g/mol. The van der Waals surface area contributed by atoms with Gasteiger partial charge in [-0.1, -0.05) is 54.1 Å². The molecule has 0 N–H and O–H groups in total. The summed E-state index contributed by atoms with van der Waals surface area (Å²) in [5, 5.41) is 9.52. The van der Waals surface area contributed by atoms with Gasteiger partial charge in [0.05, 0.1) is 10.6 Å². The van der Waals surface area contributed by atoms with Crippen LogP contribution in [0, 0.1) is 17.1 Å². The summed E-state index contributed by atoms with van der Waals surface area (Å²) in [5.41, 5.74) is 1.75. The van der Waals surface area contributed by atoms with E-state index in [9.17, 15) is 9.65 Å². The van der Waals surface area contributed by atoms with E-state index < -0.39 is 0 Å². The Hall–Kier alpha value is -2.11. The second-order valence-corrected chi connectivity index (χ2v) is 4.05. The number of halogens is 2. The Bertz CT molecular complexity index is 609. The van der Waals surface area contributed by atoms with Crippen LogP contribution in [0.5, 0.6) is 0 Å². The summed E-state index contributed by atoms with van der Waals surface area (Å²) >= 11 is 6.19. The normalized spacial score (nSPS) is 11.6. The first-order valence-electron chi connectivity index (χ1n) is 5.33. The van der Waals surface area contributed by atoms with Crippen molar-refractivity contribution in [3.63, 3.8) is 0 Å². The Morgan fingerprint density at radius 1 is 0.944 bits per heavy atom. The van der Waals surface area contributed by atoms with Crippen LogP contribution in [0.2, 0.25) is 0 Å². The molecule has 0 amide bonds. The Morgan fingerprint density at radius 3 is 2.11 bits per heavy atom. The maximum Gasteiger partial charge on any atom is 0.123 e. The van der Waals surface area contributed by atoms with Gasteiger partial charge < -0.3 is 0 Å². The molecule has 0 heterocycles. The van der Waals surface area contributed by atoms with Crippen molar-refractivity contribution in [2.75, 3.05) is 0 Å². The summed E-state index contributed by atoms with van der Waals surface area (Å²) in [4.78, 5) is 0. The highest BCUT2D eigenvalue weighted by Gasteiger charge is 2.09. The maximum absolute atomic E-state index is 12.8. The third-order valence-corrected chi connectivity index (χ3v) is 2.90. The zero-order chi connectivity index (χ0) is 13.0. The molecule has 0 saturated heterocycles. The first-order valence-corrected chi connectivity index (χ1v) is 5.71. The molecule has 0 bridgehead atoms. The first kappa shape index (κ1) is 12.3. The molecule has 2 aromatic carbocycles. The Labute approximate surface area is 110 Å². The lowest BCUT2D eigenvalue weighted by molar-refractivity contribution is 0.628. The van der Waals surface area contributed by atoms with E-state index in [1.54, 1.807) is 12.1 Å². The lowest BCUT2D eigenvalue weighted by Crippen LogP contribution is -1.86. The van der Waals surface area contributed by atoms with Crippen LogP contribution in [0.4, 0.5) is 4.39 Å². The van der Waals surface area contributed by atoms with Crippen LogP contribution < -0.4 is 0 Å². The molecular formula is C15H9ClFN. The van der Waals surface area contributed by atoms with Gasteiger partial charge in [0.15, 0.2) is 0 Å². The molecule has 0 aliphatic carbocycles. The van der Waals surface area contributed by atoms with Crippen molar-refractivity contribution in [2.24, 2.45) is 0 Å². The van der Waals surface area contributed by atoms with Crippen LogP contribution in [-0.2, 0) is 0 Å². The second-order valence-electron chi connectivity index (χ2n) is 3.67. The average Bonchev–Trinajstić information content (AvgIpc) is 2.41. The minimum absolute atomic E-state index is 0.323. The van der Waals surface area contributed by atoms with Crippen molar-refractivity contribution in [2.45, 2.75) is 0 Å². The van der Waals surface area contributed by atoms with Crippen molar-refractivity contribution < 1.29 is 4.39 Å². The SMILES string of the molecule is N#C/C(=C(/Cl)c1ccc(F)cc1)c1ccccc1. The zero-order valence-corrected chi connectivity index (χ0v) is 10.2. The van der Waals surface area contributed by atoms with E-state index in [4.69, 9.17) is 11.6 Å². The van der Waals surface area contributed by atoms with Gasteiger partial charge in [0.2, 0.25) is 0 Å². The summed E-state index contributed by atoms with van der Waals surface area (Å²) in [7, 11) is 0. The minimum Gasteiger partial charge on any atom is -0.207 e. The van der Waals surface area contributed by atoms with Gasteiger partial charge in [-0.25, -0.2) is 4.39 Å². The highest BCUT2D eigenvalue weighted by molar-refractivity contribution is 6.53. The van der Waals surface area contributed by atoms with Gasteiger partial charge in [0.25, 0.3) is 0 Å². The van der Waals surface area contributed by atoms with Gasteiger partial charge in [-0.15, -0.1) is 0 Å². The van der Waals surface area contributed by atoms with Crippen LogP contribution in [0.3, 0.4) is 0 Å². The number of nitrogens with zero attached hydrogens (tertiary/aromatic N) is 1. The molecule has 0 atom stereocenters. The van der Waals surface area contributed by atoms with Crippen LogP contribution in [0.15, 0.2) is 54.6 Å². The highest BCUT2D eigenvalue weighted by atomic mass is 35.5. The first-order chi connectivity index (χ1) is 8.72. The third-order valence-electron chi connectivity index (χ3n) is 2.49. The third kappa shape index (κ3) is 2.58. The summed E-state index contributed by atoms with van der Waals surface area (Å²) in [6.45, 7) is 0. The predicted octanol–water partition coefficient (Wildman–Crippen LogP) is 4.46. The molecule has 18 heavy (non-hydrogen) atoms. The van der Waals surface area contributed by atoms with E-state index in [0.29, 0.717) is 16.2 Å². The topological polar surface area (TPSA) is 23.8 Å². The molecule has 2 aromatic rings. The number of benzene rings is 2. The molecule has 0 saturated carbocycles. The van der Waals surface area contributed by atoms with Crippen molar-refractivity contribution in [3.8, 4) is 6.07 Å². The van der Waals surface area contributed by atoms with E-state index in [2.05, 4.69) is 6.07 Å². The highest BCUT2D eigenvalue weighted by Crippen LogP contribution is 2.29. The fourth-order valence-electron chi connectivity index (χ4n) is 1.59. The van der Waals surface area contributed by atoms with E-state index in [1.807, 2.05) is 30.3 Å². The van der Waals surface area contributed by atoms with Crippen LogP contribution >= 0.6 is 11.6 Å². The number of rotatable bonds is 2. The van der Waals surface area contributed by atoms with Crippen molar-refractivity contribution in [1.29, 1.82) is 5.26 Å². The molecule has 0 radical (unpaired) electrons. The molecule has 0 spiro atoms. The molecule has 0 aliphatic heterocycles. The number of hydrogen-bond acceptors (Lipinski definition) is 1. The summed E-state index contributed by atoms with van der Waals surface area (Å²) in [5.74, 6) is -0.332. The van der Waals surface area contributed by atoms with Crippen molar-refractivity contribution in [1.82, 2.24) is 0 Å². The van der Waals surface area contributed by atoms with E-state index in [0.717, 1.165) is 5.56 Å². The Kier molecular flexibility index (Phi) is 3.76. The number of nitriles is 1. The average molecular weight is 258 g/mol. The molecule has 3 heteroatoms. The van der Waals surface area contributed by atoms with Crippen molar-refractivity contribution in [3.05, 3.63) is 71.5 Å². The van der Waals surface area contributed by atoms with Gasteiger partial charge in [-0.05, 0) is 23.3 Å². The lowest BCUT2D eigenvalue weighted by Gasteiger charge is -2.04. The smallest absolute Gasteiger partial charge is 0.123 e. The molecular weight excluding hydrogens is 249 g/mol. The van der Waals surface area contributed by atoms with Gasteiger partial charge in [0.1, 0.15) is 11.9 Å². The number of allylic oxidation sites excluding steroid dienone is 1. The van der Waals surface area contributed by atoms with Crippen LogP contribution in [0.1, 0.15) is 11.1 Å². The minimum atomic E-state index is -0.332. The fraction of sp³-hybridized carbons (Fsp3) is 0. The fourth-order valence-corrected chi connectivity index (χ4v) is 1.86. The van der Waals surface area contributed by atoms with E-state index >= 15 is 0 Å². The van der Waals surface area contributed by atoms with Crippen LogP contribution in [0.25, 0.3) is 10.6 Å². The standard InChI is InChI=1S/C15H9ClFN/c16-15(12-6-8-13(17)9-7-12)14(10-18)11-4-2-1-3-5-11/h1-9H/b15-14-. The summed E-state index contributed by atoms with van der Waals surface area (Å²) in [6.07, 6.45) is 0. The largest absolute Gasteiger partial charge is 0.207 e. The summed E-state index contributed by atoms with van der Waals surface area (Å²) < 4.78 is 12.8. The Morgan fingerprint density at radius 2 is 1.56 bits per heavy atom. The molecule has 88 valence electrons. The quantitative estimate of drug-likeness (QED) is 0.576. The predicted molar refractivity (Wildman–Crippen MR) is 71.1 cm³/mol. The second kappa shape index (κ2) is 5.48.